The van der Waals surface area contributed by atoms with Gasteiger partial charge in [-0.05, 0) is 12.3 Å². The molecule has 0 spiro atoms. The zero-order valence-electron chi connectivity index (χ0n) is 11.7. The van der Waals surface area contributed by atoms with Crippen molar-refractivity contribution in [3.05, 3.63) is 0 Å². The van der Waals surface area contributed by atoms with Crippen LogP contribution in [0.3, 0.4) is 0 Å². The molecule has 0 fully saturated rings. The van der Waals surface area contributed by atoms with Crippen LogP contribution < -0.4 is 11.1 Å². The summed E-state index contributed by atoms with van der Waals surface area (Å²) in [5, 5.41) is 11.4. The number of aliphatic carboxylic acids is 1. The number of nitrogens with two attached hydrogens (primary N) is 1. The molecule has 0 radical (unpaired) electrons. The topological polar surface area (TPSA) is 113 Å². The summed E-state index contributed by atoms with van der Waals surface area (Å²) in [7, 11) is 0. The highest BCUT2D eigenvalue weighted by atomic mass is 16.4. The molecule has 0 heterocycles. The fourth-order valence-electron chi connectivity index (χ4n) is 1.53. The van der Waals surface area contributed by atoms with Crippen LogP contribution in [-0.4, -0.2) is 47.0 Å². The van der Waals surface area contributed by atoms with Crippen molar-refractivity contribution in [2.45, 2.75) is 39.7 Å². The lowest BCUT2D eigenvalue weighted by atomic mass is 10.1. The van der Waals surface area contributed by atoms with E-state index in [0.29, 0.717) is 6.54 Å². The third-order valence-corrected chi connectivity index (χ3v) is 2.63. The number of hydrogen-bond acceptors (Lipinski definition) is 3. The maximum atomic E-state index is 11.9. The predicted octanol–water partition coefficient (Wildman–Crippen LogP) is 0.393. The van der Waals surface area contributed by atoms with Gasteiger partial charge in [0.2, 0.25) is 5.91 Å². The molecule has 19 heavy (non-hydrogen) atoms. The zero-order chi connectivity index (χ0) is 15.0. The molecular weight excluding hydrogens is 250 g/mol. The minimum absolute atomic E-state index is 0.212. The van der Waals surface area contributed by atoms with Gasteiger partial charge in [0.1, 0.15) is 12.6 Å². The Morgan fingerprint density at radius 2 is 1.89 bits per heavy atom. The van der Waals surface area contributed by atoms with Crippen molar-refractivity contribution in [3.8, 4) is 0 Å². The van der Waals surface area contributed by atoms with E-state index in [2.05, 4.69) is 5.32 Å². The lowest BCUT2D eigenvalue weighted by Gasteiger charge is -2.25. The van der Waals surface area contributed by atoms with Gasteiger partial charge in [0.25, 0.3) is 0 Å². The van der Waals surface area contributed by atoms with Crippen LogP contribution in [-0.2, 0) is 9.59 Å². The lowest BCUT2D eigenvalue weighted by molar-refractivity contribution is -0.140. The molecule has 1 atom stereocenters. The fourth-order valence-corrected chi connectivity index (χ4v) is 1.53. The van der Waals surface area contributed by atoms with E-state index >= 15 is 0 Å². The molecule has 0 aliphatic rings. The molecule has 0 aliphatic carbocycles. The van der Waals surface area contributed by atoms with E-state index < -0.39 is 23.9 Å². The number of nitrogens with one attached hydrogen (secondary N) is 1. The summed E-state index contributed by atoms with van der Waals surface area (Å²) in [6, 6.07) is -1.56. The van der Waals surface area contributed by atoms with Gasteiger partial charge in [0, 0.05) is 6.54 Å². The van der Waals surface area contributed by atoms with E-state index in [-0.39, 0.29) is 12.5 Å². The van der Waals surface area contributed by atoms with Crippen LogP contribution in [0.25, 0.3) is 0 Å². The first-order chi connectivity index (χ1) is 8.79. The molecule has 0 saturated carbocycles. The highest BCUT2D eigenvalue weighted by Gasteiger charge is 2.26. The smallest absolute Gasteiger partial charge is 0.326 e. The summed E-state index contributed by atoms with van der Waals surface area (Å²) in [6.45, 7) is 5.51. The van der Waals surface area contributed by atoms with Crippen molar-refractivity contribution in [1.29, 1.82) is 0 Å². The standard InChI is InChI=1S/C12H23N3O4/c1-4-5-6-15(7-9(13)16)12(19)14-10(8(2)3)11(17)18/h8,10H,4-7H2,1-3H3,(H2,13,16)(H,14,19)(H,17,18). The van der Waals surface area contributed by atoms with Crippen molar-refractivity contribution < 1.29 is 19.5 Å². The molecule has 3 amide bonds. The second-order valence-corrected chi connectivity index (χ2v) is 4.75. The van der Waals surface area contributed by atoms with E-state index in [1.165, 1.54) is 4.90 Å². The molecule has 110 valence electrons. The number of nitrogens with zero attached hydrogens (tertiary/aromatic N) is 1. The van der Waals surface area contributed by atoms with Crippen molar-refractivity contribution in [2.75, 3.05) is 13.1 Å². The van der Waals surface area contributed by atoms with E-state index in [1.807, 2.05) is 6.92 Å². The van der Waals surface area contributed by atoms with E-state index in [0.717, 1.165) is 12.8 Å². The molecule has 1 unspecified atom stereocenters. The molecule has 0 bridgehead atoms. The van der Waals surface area contributed by atoms with Crippen molar-refractivity contribution >= 4 is 17.9 Å². The number of carboxylic acids is 1. The van der Waals surface area contributed by atoms with Gasteiger partial charge in [-0.15, -0.1) is 0 Å². The summed E-state index contributed by atoms with van der Waals surface area (Å²) in [5.41, 5.74) is 5.08. The van der Waals surface area contributed by atoms with Crippen molar-refractivity contribution in [1.82, 2.24) is 10.2 Å². The Morgan fingerprint density at radius 1 is 1.32 bits per heavy atom. The average molecular weight is 273 g/mol. The van der Waals surface area contributed by atoms with E-state index in [1.54, 1.807) is 13.8 Å². The first kappa shape index (κ1) is 17.2. The second kappa shape index (κ2) is 8.34. The largest absolute Gasteiger partial charge is 0.480 e. The maximum Gasteiger partial charge on any atom is 0.326 e. The van der Waals surface area contributed by atoms with Crippen LogP contribution in [0.4, 0.5) is 4.79 Å². The maximum absolute atomic E-state index is 11.9. The number of amides is 3. The fraction of sp³-hybridized carbons (Fsp3) is 0.750. The van der Waals surface area contributed by atoms with Gasteiger partial charge in [-0.3, -0.25) is 4.79 Å². The Labute approximate surface area is 113 Å². The molecule has 7 heteroatoms. The molecule has 0 saturated heterocycles. The second-order valence-electron chi connectivity index (χ2n) is 4.75. The van der Waals surface area contributed by atoms with Crippen molar-refractivity contribution in [3.63, 3.8) is 0 Å². The first-order valence-electron chi connectivity index (χ1n) is 6.36. The number of unbranched alkanes of at least 4 members (excludes halogenated alkanes) is 1. The van der Waals surface area contributed by atoms with Gasteiger partial charge in [-0.25, -0.2) is 9.59 Å². The summed E-state index contributed by atoms with van der Waals surface area (Å²) >= 11 is 0. The number of rotatable bonds is 8. The summed E-state index contributed by atoms with van der Waals surface area (Å²) in [4.78, 5) is 35.1. The van der Waals surface area contributed by atoms with Gasteiger partial charge in [-0.1, -0.05) is 27.2 Å². The molecule has 0 aromatic rings. The Hall–Kier alpha value is -1.79. The molecule has 0 aromatic carbocycles. The molecule has 4 N–H and O–H groups in total. The number of carbonyl (C=O) groups excluding carboxylic acids is 2. The Balaban J connectivity index is 4.68. The number of urea groups is 1. The van der Waals surface area contributed by atoms with E-state index in [9.17, 15) is 14.4 Å². The van der Waals surface area contributed by atoms with Crippen LogP contribution >= 0.6 is 0 Å². The third kappa shape index (κ3) is 6.64. The van der Waals surface area contributed by atoms with Crippen LogP contribution in [0, 0.1) is 5.92 Å². The molecule has 0 aromatic heterocycles. The quantitative estimate of drug-likeness (QED) is 0.593. The Morgan fingerprint density at radius 3 is 2.26 bits per heavy atom. The predicted molar refractivity (Wildman–Crippen MR) is 70.5 cm³/mol. The third-order valence-electron chi connectivity index (χ3n) is 2.63. The number of primary amides is 1. The highest BCUT2D eigenvalue weighted by Crippen LogP contribution is 2.04. The van der Waals surface area contributed by atoms with Crippen LogP contribution in [0.15, 0.2) is 0 Å². The number of carbonyl (C=O) groups is 3. The monoisotopic (exact) mass is 273 g/mol. The van der Waals surface area contributed by atoms with Gasteiger partial charge < -0.3 is 21.1 Å². The van der Waals surface area contributed by atoms with Gasteiger partial charge in [0.05, 0.1) is 0 Å². The molecule has 0 aliphatic heterocycles. The first-order valence-corrected chi connectivity index (χ1v) is 6.36. The number of hydrogen-bond donors (Lipinski definition) is 3. The van der Waals surface area contributed by atoms with Crippen molar-refractivity contribution in [2.24, 2.45) is 11.7 Å². The summed E-state index contributed by atoms with van der Waals surface area (Å²) < 4.78 is 0. The molecular formula is C12H23N3O4. The van der Waals surface area contributed by atoms with Crippen LogP contribution in [0.2, 0.25) is 0 Å². The normalized spacial score (nSPS) is 12.0. The summed E-state index contributed by atoms with van der Waals surface area (Å²) in [6.07, 6.45) is 1.58. The van der Waals surface area contributed by atoms with Gasteiger partial charge in [-0.2, -0.15) is 0 Å². The molecule has 0 rings (SSSR count). The van der Waals surface area contributed by atoms with Crippen LogP contribution in [0.1, 0.15) is 33.6 Å². The zero-order valence-corrected chi connectivity index (χ0v) is 11.7. The molecule has 7 nitrogen and oxygen atoms in total. The van der Waals surface area contributed by atoms with E-state index in [4.69, 9.17) is 10.8 Å². The highest BCUT2D eigenvalue weighted by molar-refractivity contribution is 5.86. The average Bonchev–Trinajstić information content (AvgIpc) is 2.29. The Bertz CT molecular complexity index is 331. The summed E-state index contributed by atoms with van der Waals surface area (Å²) in [5.74, 6) is -1.97. The Kier molecular flexibility index (Phi) is 7.55. The van der Waals surface area contributed by atoms with Crippen LogP contribution in [0.5, 0.6) is 0 Å². The number of carboxylic acid groups (broad SMARTS) is 1. The minimum atomic E-state index is -1.10. The lowest BCUT2D eigenvalue weighted by Crippen LogP contribution is -2.52. The van der Waals surface area contributed by atoms with Gasteiger partial charge in [0.15, 0.2) is 0 Å². The SMILES string of the molecule is CCCCN(CC(N)=O)C(=O)NC(C(=O)O)C(C)C. The minimum Gasteiger partial charge on any atom is -0.480 e. The van der Waals surface area contributed by atoms with Gasteiger partial charge >= 0.3 is 12.0 Å².